The Hall–Kier alpha value is -4.66. The molecule has 2 bridgehead atoms. The number of methoxy groups -OCH3 is 2. The van der Waals surface area contributed by atoms with E-state index in [0.29, 0.717) is 69.5 Å². The molecule has 13 nitrogen and oxygen atoms in total. The molecule has 3 atom stereocenters. The Labute approximate surface area is 383 Å². The topological polar surface area (TPSA) is 124 Å². The molecule has 2 aromatic heterocycles. The number of fused-ring (bicyclic) bond motifs is 4. The summed E-state index contributed by atoms with van der Waals surface area (Å²) in [4.78, 5) is 34.1. The van der Waals surface area contributed by atoms with Crippen LogP contribution in [-0.2, 0) is 14.2 Å². The second kappa shape index (κ2) is 20.1. The minimum Gasteiger partial charge on any atom is -0.468 e. The van der Waals surface area contributed by atoms with E-state index in [0.717, 1.165) is 39.0 Å². The van der Waals surface area contributed by atoms with Gasteiger partial charge in [0.2, 0.25) is 0 Å². The third-order valence-electron chi connectivity index (χ3n) is 13.3. The lowest BCUT2D eigenvalue weighted by Gasteiger charge is -2.42. The zero-order valence-corrected chi connectivity index (χ0v) is 41.0. The molecule has 16 heteroatoms. The van der Waals surface area contributed by atoms with Gasteiger partial charge in [-0.05, 0) is 73.8 Å². The van der Waals surface area contributed by atoms with E-state index in [1.54, 1.807) is 31.5 Å². The molecule has 4 aromatic rings. The lowest BCUT2D eigenvalue weighted by Crippen LogP contribution is -2.57. The maximum Gasteiger partial charge on any atom is 0.410 e. The fraction of sp³-hybridized carbons (Fsp3) is 0.592. The van der Waals surface area contributed by atoms with E-state index in [4.69, 9.17) is 38.6 Å². The van der Waals surface area contributed by atoms with Crippen LogP contribution in [0.3, 0.4) is 0 Å². The van der Waals surface area contributed by atoms with Crippen molar-refractivity contribution in [3.05, 3.63) is 47.7 Å². The molecule has 3 saturated heterocycles. The summed E-state index contributed by atoms with van der Waals surface area (Å²) in [6, 6.07) is 6.18. The fourth-order valence-corrected chi connectivity index (χ4v) is 15.5. The number of hydrogen-bond donors (Lipinski definition) is 1. The van der Waals surface area contributed by atoms with E-state index in [9.17, 15) is 4.79 Å². The average molecular weight is 916 g/mol. The Kier molecular flexibility index (Phi) is 14.9. The van der Waals surface area contributed by atoms with Crippen LogP contribution in [0.4, 0.5) is 19.4 Å². The third kappa shape index (κ3) is 10.2. The van der Waals surface area contributed by atoms with Gasteiger partial charge in [0.25, 0.3) is 0 Å². The van der Waals surface area contributed by atoms with Crippen LogP contribution in [0.2, 0.25) is 16.6 Å². The Bertz CT molecular complexity index is 2380. The van der Waals surface area contributed by atoms with E-state index in [-0.39, 0.29) is 60.5 Å². The van der Waals surface area contributed by atoms with Gasteiger partial charge in [-0.2, -0.15) is 9.97 Å². The van der Waals surface area contributed by atoms with Crippen LogP contribution in [-0.4, -0.2) is 136 Å². The first-order chi connectivity index (χ1) is 30.9. The van der Waals surface area contributed by atoms with E-state index in [1.165, 1.54) is 13.2 Å². The summed E-state index contributed by atoms with van der Waals surface area (Å²) in [6.07, 6.45) is 2.50. The monoisotopic (exact) mass is 915 g/mol. The smallest absolute Gasteiger partial charge is 0.410 e. The zero-order chi connectivity index (χ0) is 46.8. The third-order valence-corrected chi connectivity index (χ3v) is 19.6. The number of carbonyl (C=O) groups excluding carboxylic acids is 1. The van der Waals surface area contributed by atoms with Crippen molar-refractivity contribution in [1.82, 2.24) is 30.1 Å². The van der Waals surface area contributed by atoms with Gasteiger partial charge in [-0.3, -0.25) is 14.8 Å². The molecule has 65 heavy (non-hydrogen) atoms. The van der Waals surface area contributed by atoms with Gasteiger partial charge in [0.05, 0.1) is 23.0 Å². The van der Waals surface area contributed by atoms with Crippen molar-refractivity contribution in [2.45, 2.75) is 116 Å². The number of nitrogens with zero attached hydrogens (tertiary/aromatic N) is 6. The first-order valence-electron chi connectivity index (χ1n) is 23.1. The Morgan fingerprint density at radius 2 is 1.63 bits per heavy atom. The average Bonchev–Trinajstić information content (AvgIpc) is 3.53. The number of rotatable bonds is 14. The molecule has 3 aliphatic rings. The lowest BCUT2D eigenvalue weighted by molar-refractivity contribution is 0.0122. The SMILES string of the molecule is COCOc1cc(-c2ncc3c(N4CC5CCC(C4)N5C(=O)OC(C)(C)C)nc(OC[C@H](CN4CCNCC4)OC)nc3c2F)c2c(C#C[Si](C(C)C)(C(C)C)C(C)C)c(F)ccc2c1. The largest absolute Gasteiger partial charge is 0.468 e. The molecule has 0 aliphatic carbocycles. The van der Waals surface area contributed by atoms with Crippen molar-refractivity contribution >= 4 is 41.7 Å². The van der Waals surface area contributed by atoms with Crippen LogP contribution >= 0.6 is 0 Å². The summed E-state index contributed by atoms with van der Waals surface area (Å²) in [6.45, 7) is 24.0. The van der Waals surface area contributed by atoms with Crippen molar-refractivity contribution in [3.63, 3.8) is 0 Å². The van der Waals surface area contributed by atoms with E-state index < -0.39 is 25.3 Å². The first-order valence-corrected chi connectivity index (χ1v) is 25.3. The number of aromatic nitrogens is 3. The number of piperazine rings is 2. The van der Waals surface area contributed by atoms with Crippen molar-refractivity contribution in [1.29, 1.82) is 0 Å². The molecule has 2 aromatic carbocycles. The molecule has 3 aliphatic heterocycles. The summed E-state index contributed by atoms with van der Waals surface area (Å²) in [5, 5.41) is 4.77. The summed E-state index contributed by atoms with van der Waals surface area (Å²) < 4.78 is 63.4. The van der Waals surface area contributed by atoms with E-state index >= 15 is 8.78 Å². The quantitative estimate of drug-likeness (QED) is 0.0741. The maximum atomic E-state index is 17.9. The normalized spacial score (nSPS) is 18.8. The molecular weight excluding hydrogens is 849 g/mol. The number of anilines is 1. The van der Waals surface area contributed by atoms with Crippen LogP contribution in [0.15, 0.2) is 30.5 Å². The Morgan fingerprint density at radius 3 is 2.25 bits per heavy atom. The van der Waals surface area contributed by atoms with E-state index in [1.807, 2.05) is 25.7 Å². The molecule has 352 valence electrons. The first kappa shape index (κ1) is 48.3. The molecule has 2 unspecified atom stereocenters. The molecule has 0 radical (unpaired) electrons. The molecule has 1 amide bonds. The van der Waals surface area contributed by atoms with Gasteiger partial charge < -0.3 is 33.9 Å². The number of pyridine rings is 1. The van der Waals surface area contributed by atoms with Crippen molar-refractivity contribution in [3.8, 4) is 34.5 Å². The number of hydrogen-bond acceptors (Lipinski definition) is 12. The van der Waals surface area contributed by atoms with Gasteiger partial charge in [0.15, 0.2) is 12.6 Å². The van der Waals surface area contributed by atoms with Crippen LogP contribution < -0.4 is 19.7 Å². The van der Waals surface area contributed by atoms with Gasteiger partial charge in [-0.25, -0.2) is 13.6 Å². The summed E-state index contributed by atoms with van der Waals surface area (Å²) in [5.41, 5.74) is 4.37. The highest BCUT2D eigenvalue weighted by molar-refractivity contribution is 6.90. The van der Waals surface area contributed by atoms with Gasteiger partial charge >= 0.3 is 12.1 Å². The van der Waals surface area contributed by atoms with Gasteiger partial charge in [0.1, 0.15) is 55.0 Å². The Morgan fingerprint density at radius 1 is 0.954 bits per heavy atom. The fourth-order valence-electron chi connectivity index (χ4n) is 10.3. The minimum atomic E-state index is -2.32. The maximum absolute atomic E-state index is 17.9. The summed E-state index contributed by atoms with van der Waals surface area (Å²) >= 11 is 0. The second-order valence-corrected chi connectivity index (χ2v) is 25.2. The number of ether oxygens (including phenoxy) is 5. The van der Waals surface area contributed by atoms with Crippen molar-refractivity contribution in [2.24, 2.45) is 0 Å². The molecule has 5 heterocycles. The highest BCUT2D eigenvalue weighted by atomic mass is 28.3. The predicted molar refractivity (Wildman–Crippen MR) is 253 cm³/mol. The van der Waals surface area contributed by atoms with Crippen LogP contribution in [0, 0.1) is 23.1 Å². The molecule has 1 N–H and O–H groups in total. The molecular formula is C49H67F2N7O6Si. The standard InChI is InChI=1S/C49H67F2N7O6Si/c1-30(2)65(31(3)4,32(5)6)21-16-38-41(50)15-12-33-22-36(63-29-60-10)23-39(42(33)38)44-43(51)45-40(24-53-44)46(55-47(54-45)62-28-37(61-11)27-56-19-17-52-18-20-56)57-25-34-13-14-35(26-57)58(34)48(59)64-49(7,8)9/h12,15,22-24,30-32,34-35,37,52H,13-14,17-20,25-29H2,1-11H3/t34?,35?,37-/m0/s1. The number of carbonyl (C=O) groups is 1. The highest BCUT2D eigenvalue weighted by Crippen LogP contribution is 2.43. The summed E-state index contributed by atoms with van der Waals surface area (Å²) in [7, 11) is 0.845. The zero-order valence-electron chi connectivity index (χ0n) is 40.0. The predicted octanol–water partition coefficient (Wildman–Crippen LogP) is 8.56. The van der Waals surface area contributed by atoms with Crippen LogP contribution in [0.1, 0.15) is 80.7 Å². The van der Waals surface area contributed by atoms with E-state index in [2.05, 4.69) is 68.1 Å². The number of benzene rings is 2. The molecule has 3 fully saturated rings. The highest BCUT2D eigenvalue weighted by Gasteiger charge is 2.45. The van der Waals surface area contributed by atoms with Crippen LogP contribution in [0.5, 0.6) is 11.8 Å². The summed E-state index contributed by atoms with van der Waals surface area (Å²) in [5.74, 6) is 2.93. The second-order valence-electron chi connectivity index (χ2n) is 19.6. The minimum absolute atomic E-state index is 0.0146. The van der Waals surface area contributed by atoms with Gasteiger partial charge in [-0.15, -0.1) is 5.54 Å². The number of nitrogens with one attached hydrogen (secondary N) is 1. The Balaban J connectivity index is 1.38. The lowest BCUT2D eigenvalue weighted by atomic mass is 9.95. The van der Waals surface area contributed by atoms with Gasteiger partial charge in [0, 0.05) is 77.2 Å². The van der Waals surface area contributed by atoms with Crippen LogP contribution in [0.25, 0.3) is 32.9 Å². The molecule has 0 spiro atoms. The van der Waals surface area contributed by atoms with Crippen molar-refractivity contribution < 1.29 is 37.3 Å². The molecule has 0 saturated carbocycles. The number of halogens is 2. The molecule has 7 rings (SSSR count). The van der Waals surface area contributed by atoms with Crippen molar-refractivity contribution in [2.75, 3.05) is 78.3 Å². The number of amides is 1. The van der Waals surface area contributed by atoms with Gasteiger partial charge in [-0.1, -0.05) is 53.5 Å².